The standard InChI is InChI=1S/C14H18N4S/c1-10(11-6-4-3-5-7-11)9-16-13-8-12(15)17-14(18-13)19-2/h3-8,10H,9H2,1-2H3,(H3,15,16,17,18). The largest absolute Gasteiger partial charge is 0.383 e. The summed E-state index contributed by atoms with van der Waals surface area (Å²) < 4.78 is 0. The Labute approximate surface area is 117 Å². The molecule has 100 valence electrons. The van der Waals surface area contributed by atoms with Gasteiger partial charge in [0.1, 0.15) is 11.6 Å². The second-order valence-electron chi connectivity index (χ2n) is 4.36. The lowest BCUT2D eigenvalue weighted by molar-refractivity contribution is 0.797. The third-order valence-electron chi connectivity index (χ3n) is 2.87. The number of nitrogens with zero attached hydrogens (tertiary/aromatic N) is 2. The van der Waals surface area contributed by atoms with Crippen LogP contribution in [0.15, 0.2) is 41.6 Å². The van der Waals surface area contributed by atoms with Crippen LogP contribution < -0.4 is 11.1 Å². The van der Waals surface area contributed by atoms with Gasteiger partial charge in [0.2, 0.25) is 0 Å². The van der Waals surface area contributed by atoms with Gasteiger partial charge in [-0.2, -0.15) is 0 Å². The molecule has 3 N–H and O–H groups in total. The molecule has 4 nitrogen and oxygen atoms in total. The smallest absolute Gasteiger partial charge is 0.191 e. The van der Waals surface area contributed by atoms with Crippen LogP contribution in [0.25, 0.3) is 0 Å². The summed E-state index contributed by atoms with van der Waals surface area (Å²) in [5.41, 5.74) is 7.06. The molecule has 0 bridgehead atoms. The van der Waals surface area contributed by atoms with Gasteiger partial charge in [0, 0.05) is 12.6 Å². The molecule has 5 heteroatoms. The van der Waals surface area contributed by atoms with Crippen LogP contribution in [0.2, 0.25) is 0 Å². The Balaban J connectivity index is 2.01. The van der Waals surface area contributed by atoms with E-state index in [2.05, 4.69) is 46.5 Å². The highest BCUT2D eigenvalue weighted by molar-refractivity contribution is 7.98. The van der Waals surface area contributed by atoms with Crippen LogP contribution in [0.5, 0.6) is 0 Å². The molecule has 0 saturated heterocycles. The Bertz CT molecular complexity index is 530. The van der Waals surface area contributed by atoms with Crippen LogP contribution in [0.3, 0.4) is 0 Å². The van der Waals surface area contributed by atoms with E-state index in [0.717, 1.165) is 12.4 Å². The molecule has 1 aromatic heterocycles. The Morgan fingerprint density at radius 1 is 1.26 bits per heavy atom. The molecule has 2 aromatic rings. The summed E-state index contributed by atoms with van der Waals surface area (Å²) in [6.07, 6.45) is 1.94. The van der Waals surface area contributed by atoms with Crippen molar-refractivity contribution in [1.29, 1.82) is 0 Å². The molecule has 0 amide bonds. The van der Waals surface area contributed by atoms with E-state index >= 15 is 0 Å². The summed E-state index contributed by atoms with van der Waals surface area (Å²) in [7, 11) is 0. The first kappa shape index (κ1) is 13.7. The Morgan fingerprint density at radius 3 is 2.68 bits per heavy atom. The predicted octanol–water partition coefficient (Wildman–Crippen LogP) is 3.00. The van der Waals surface area contributed by atoms with Gasteiger partial charge in [-0.25, -0.2) is 9.97 Å². The van der Waals surface area contributed by atoms with Crippen LogP contribution in [-0.4, -0.2) is 22.8 Å². The predicted molar refractivity (Wildman–Crippen MR) is 81.6 cm³/mol. The van der Waals surface area contributed by atoms with E-state index in [9.17, 15) is 0 Å². The highest BCUT2D eigenvalue weighted by atomic mass is 32.2. The zero-order valence-electron chi connectivity index (χ0n) is 11.1. The van der Waals surface area contributed by atoms with E-state index in [1.165, 1.54) is 17.3 Å². The molecule has 2 rings (SSSR count). The number of hydrogen-bond acceptors (Lipinski definition) is 5. The SMILES string of the molecule is CSc1nc(N)cc(NCC(C)c2ccccc2)n1. The third-order valence-corrected chi connectivity index (χ3v) is 3.41. The molecular formula is C14H18N4S. The number of anilines is 2. The van der Waals surface area contributed by atoms with Crippen molar-refractivity contribution in [2.75, 3.05) is 23.9 Å². The lowest BCUT2D eigenvalue weighted by Gasteiger charge is -2.14. The van der Waals surface area contributed by atoms with Gasteiger partial charge in [0.05, 0.1) is 0 Å². The van der Waals surface area contributed by atoms with Crippen molar-refractivity contribution in [2.24, 2.45) is 0 Å². The summed E-state index contributed by atoms with van der Waals surface area (Å²) in [4.78, 5) is 8.51. The van der Waals surface area contributed by atoms with Crippen molar-refractivity contribution in [2.45, 2.75) is 18.0 Å². The molecule has 1 unspecified atom stereocenters. The Morgan fingerprint density at radius 2 is 2.00 bits per heavy atom. The maximum Gasteiger partial charge on any atom is 0.191 e. The molecule has 0 aliphatic carbocycles. The normalized spacial score (nSPS) is 12.1. The topological polar surface area (TPSA) is 63.8 Å². The molecule has 0 radical (unpaired) electrons. The van der Waals surface area contributed by atoms with Crippen LogP contribution in [0.4, 0.5) is 11.6 Å². The number of nitrogens with one attached hydrogen (secondary N) is 1. The lowest BCUT2D eigenvalue weighted by Crippen LogP contribution is -2.11. The van der Waals surface area contributed by atoms with Gasteiger partial charge in [-0.1, -0.05) is 49.0 Å². The van der Waals surface area contributed by atoms with Gasteiger partial charge in [-0.3, -0.25) is 0 Å². The average Bonchev–Trinajstić information content (AvgIpc) is 2.45. The molecule has 0 fully saturated rings. The van der Waals surface area contributed by atoms with E-state index in [1.807, 2.05) is 12.3 Å². The summed E-state index contributed by atoms with van der Waals surface area (Å²) in [5.74, 6) is 1.68. The molecule has 1 aromatic carbocycles. The minimum Gasteiger partial charge on any atom is -0.383 e. The van der Waals surface area contributed by atoms with Crippen LogP contribution in [0.1, 0.15) is 18.4 Å². The van der Waals surface area contributed by atoms with E-state index in [-0.39, 0.29) is 0 Å². The minimum atomic E-state index is 0.412. The Hall–Kier alpha value is -1.75. The maximum atomic E-state index is 5.75. The molecule has 1 atom stereocenters. The highest BCUT2D eigenvalue weighted by Gasteiger charge is 2.06. The van der Waals surface area contributed by atoms with Crippen LogP contribution >= 0.6 is 11.8 Å². The summed E-state index contributed by atoms with van der Waals surface area (Å²) in [5, 5.41) is 4.00. The number of aromatic nitrogens is 2. The van der Waals surface area contributed by atoms with Crippen LogP contribution in [-0.2, 0) is 0 Å². The van der Waals surface area contributed by atoms with Crippen molar-refractivity contribution in [3.05, 3.63) is 42.0 Å². The average molecular weight is 274 g/mol. The first-order valence-electron chi connectivity index (χ1n) is 6.16. The van der Waals surface area contributed by atoms with Gasteiger partial charge in [-0.05, 0) is 17.7 Å². The molecule has 1 heterocycles. The highest BCUT2D eigenvalue weighted by Crippen LogP contribution is 2.18. The number of thioether (sulfide) groups is 1. The van der Waals surface area contributed by atoms with E-state index in [4.69, 9.17) is 5.73 Å². The fourth-order valence-corrected chi connectivity index (χ4v) is 2.17. The number of nitrogens with two attached hydrogens (primary N) is 1. The van der Waals surface area contributed by atoms with Gasteiger partial charge in [-0.15, -0.1) is 0 Å². The number of benzene rings is 1. The molecule has 0 aliphatic rings. The second-order valence-corrected chi connectivity index (χ2v) is 5.13. The fraction of sp³-hybridized carbons (Fsp3) is 0.286. The van der Waals surface area contributed by atoms with Crippen LogP contribution in [0, 0.1) is 0 Å². The van der Waals surface area contributed by atoms with Gasteiger partial charge < -0.3 is 11.1 Å². The molecule has 0 saturated carbocycles. The van der Waals surface area contributed by atoms with Crippen molar-refractivity contribution < 1.29 is 0 Å². The first-order chi connectivity index (χ1) is 9.19. The van der Waals surface area contributed by atoms with Crippen molar-refractivity contribution >= 4 is 23.4 Å². The van der Waals surface area contributed by atoms with Crippen molar-refractivity contribution in [3.8, 4) is 0 Å². The maximum absolute atomic E-state index is 5.75. The first-order valence-corrected chi connectivity index (χ1v) is 7.39. The minimum absolute atomic E-state index is 0.412. The van der Waals surface area contributed by atoms with E-state index < -0.39 is 0 Å². The van der Waals surface area contributed by atoms with E-state index in [0.29, 0.717) is 16.9 Å². The monoisotopic (exact) mass is 274 g/mol. The summed E-state index contributed by atoms with van der Waals surface area (Å²) in [6.45, 7) is 3.00. The lowest BCUT2D eigenvalue weighted by atomic mass is 10.0. The summed E-state index contributed by atoms with van der Waals surface area (Å²) >= 11 is 1.49. The van der Waals surface area contributed by atoms with E-state index in [1.54, 1.807) is 6.07 Å². The van der Waals surface area contributed by atoms with Gasteiger partial charge in [0.25, 0.3) is 0 Å². The molecular weight excluding hydrogens is 256 g/mol. The molecule has 0 spiro atoms. The van der Waals surface area contributed by atoms with Gasteiger partial charge in [0.15, 0.2) is 5.16 Å². The van der Waals surface area contributed by atoms with Crippen molar-refractivity contribution in [1.82, 2.24) is 9.97 Å². The third kappa shape index (κ3) is 3.86. The number of hydrogen-bond donors (Lipinski definition) is 2. The summed E-state index contributed by atoms with van der Waals surface area (Å²) in [6, 6.07) is 12.2. The molecule has 0 aliphatic heterocycles. The molecule has 19 heavy (non-hydrogen) atoms. The van der Waals surface area contributed by atoms with Crippen molar-refractivity contribution in [3.63, 3.8) is 0 Å². The number of rotatable bonds is 5. The zero-order chi connectivity index (χ0) is 13.7. The zero-order valence-corrected chi connectivity index (χ0v) is 11.9. The Kier molecular flexibility index (Phi) is 4.63. The fourth-order valence-electron chi connectivity index (χ4n) is 1.78. The second kappa shape index (κ2) is 6.43. The number of nitrogen functional groups attached to an aromatic ring is 1. The quantitative estimate of drug-likeness (QED) is 0.648. The van der Waals surface area contributed by atoms with Gasteiger partial charge >= 0.3 is 0 Å².